The van der Waals surface area contributed by atoms with Crippen LogP contribution >= 0.6 is 11.3 Å². The average molecular weight is 621 g/mol. The Balaban J connectivity index is 1.37. The van der Waals surface area contributed by atoms with Crippen LogP contribution in [-0.2, 0) is 25.4 Å². The minimum absolute atomic E-state index is 0.313. The molecule has 0 amide bonds. The lowest BCUT2D eigenvalue weighted by Crippen LogP contribution is -2.64. The van der Waals surface area contributed by atoms with E-state index in [0.29, 0.717) is 12.0 Å². The van der Waals surface area contributed by atoms with Crippen LogP contribution in [0.4, 0.5) is 4.39 Å². The van der Waals surface area contributed by atoms with Gasteiger partial charge in [-0.25, -0.2) is 9.18 Å². The van der Waals surface area contributed by atoms with Crippen molar-refractivity contribution in [3.63, 3.8) is 0 Å². The highest BCUT2D eigenvalue weighted by Gasteiger charge is 2.52. The van der Waals surface area contributed by atoms with Gasteiger partial charge in [0.2, 0.25) is 0 Å². The third-order valence-corrected chi connectivity index (χ3v) is 8.96. The fraction of sp³-hybridized carbons (Fsp3) is 0.433. The summed E-state index contributed by atoms with van der Waals surface area (Å²) in [6, 6.07) is 15.6. The molecule has 232 valence electrons. The van der Waals surface area contributed by atoms with Gasteiger partial charge in [0.05, 0.1) is 6.61 Å². The van der Waals surface area contributed by atoms with E-state index in [1.165, 1.54) is 12.1 Å². The zero-order valence-corrected chi connectivity index (χ0v) is 23.8. The van der Waals surface area contributed by atoms with Gasteiger partial charge in [-0.3, -0.25) is 0 Å². The van der Waals surface area contributed by atoms with E-state index in [0.717, 1.165) is 26.4 Å². The lowest BCUT2D eigenvalue weighted by Gasteiger charge is -2.46. The van der Waals surface area contributed by atoms with Gasteiger partial charge in [-0.15, -0.1) is 11.3 Å². The molecule has 2 aliphatic heterocycles. The van der Waals surface area contributed by atoms with Gasteiger partial charge in [0.25, 0.3) is 0 Å². The van der Waals surface area contributed by atoms with Crippen LogP contribution in [0, 0.1) is 12.7 Å². The van der Waals surface area contributed by atoms with Crippen LogP contribution < -0.4 is 0 Å². The topological polar surface area (TPSA) is 186 Å². The first-order valence-electron chi connectivity index (χ1n) is 13.6. The molecule has 0 saturated carbocycles. The fourth-order valence-electron chi connectivity index (χ4n) is 5.33. The molecule has 0 bridgehead atoms. The van der Waals surface area contributed by atoms with E-state index in [1.807, 2.05) is 31.2 Å². The summed E-state index contributed by atoms with van der Waals surface area (Å²) >= 11 is 1.56. The summed E-state index contributed by atoms with van der Waals surface area (Å²) in [4.78, 5) is 13.5. The Morgan fingerprint density at radius 3 is 2.30 bits per heavy atom. The number of carboxylic acid groups (broad SMARTS) is 1. The maximum absolute atomic E-state index is 13.3. The Hall–Kier alpha value is -2.82. The van der Waals surface area contributed by atoms with Crippen LogP contribution in [0.1, 0.15) is 27.7 Å². The second kappa shape index (κ2) is 13.0. The molecular weight excluding hydrogens is 587 g/mol. The van der Waals surface area contributed by atoms with Gasteiger partial charge >= 0.3 is 5.97 Å². The summed E-state index contributed by atoms with van der Waals surface area (Å²) in [5.74, 6) is -1.93. The van der Waals surface area contributed by atoms with E-state index in [9.17, 15) is 44.9 Å². The number of aliphatic carboxylic acids is 1. The average Bonchev–Trinajstić information content (AvgIpc) is 3.45. The van der Waals surface area contributed by atoms with Crippen molar-refractivity contribution in [3.05, 3.63) is 82.0 Å². The molecule has 1 aromatic heterocycles. The number of halogens is 1. The Morgan fingerprint density at radius 1 is 0.907 bits per heavy atom. The van der Waals surface area contributed by atoms with E-state index in [-0.39, 0.29) is 5.82 Å². The number of rotatable bonds is 8. The monoisotopic (exact) mass is 620 g/mol. The van der Waals surface area contributed by atoms with Gasteiger partial charge in [0.15, 0.2) is 12.4 Å². The lowest BCUT2D eigenvalue weighted by molar-refractivity contribution is -0.337. The van der Waals surface area contributed by atoms with Crippen molar-refractivity contribution in [1.82, 2.24) is 0 Å². The van der Waals surface area contributed by atoms with Crippen molar-refractivity contribution in [2.45, 2.75) is 74.6 Å². The zero-order chi connectivity index (χ0) is 31.0. The van der Waals surface area contributed by atoms with Crippen LogP contribution in [0.25, 0.3) is 10.4 Å². The first-order chi connectivity index (χ1) is 20.5. The largest absolute Gasteiger partial charge is 0.479 e. The molecule has 7 N–H and O–H groups in total. The van der Waals surface area contributed by atoms with Crippen LogP contribution in [0.3, 0.4) is 0 Å². The molecule has 43 heavy (non-hydrogen) atoms. The first-order valence-corrected chi connectivity index (χ1v) is 14.4. The van der Waals surface area contributed by atoms with Gasteiger partial charge in [-0.1, -0.05) is 30.3 Å². The van der Waals surface area contributed by atoms with E-state index >= 15 is 0 Å². The number of carbonyl (C=O) groups is 1. The molecule has 0 aliphatic carbocycles. The van der Waals surface area contributed by atoms with E-state index in [2.05, 4.69) is 0 Å². The van der Waals surface area contributed by atoms with Gasteiger partial charge in [-0.05, 0) is 53.4 Å². The standard InChI is InChI=1S/C30H33FO11S/c1-13-2-3-15(10-16(13)11-18-8-9-20(43-18)14-4-6-17(31)7-5-14)26-25(37)27(21(33)19(12-32)40-26)41-30-24(36)22(34)23(35)28(42-30)29(38)39/h2-10,19,21-28,30,32-37H,11-12H2,1H3,(H,38,39)/t19?,21-,22+,23+,24-,25?,26+,27?,28+,30-/m1/s1. The number of ether oxygens (including phenoxy) is 3. The Bertz CT molecular complexity index is 1420. The number of benzene rings is 2. The first kappa shape index (κ1) is 31.6. The minimum Gasteiger partial charge on any atom is -0.479 e. The van der Waals surface area contributed by atoms with Crippen LogP contribution in [0.15, 0.2) is 54.6 Å². The number of aliphatic hydroxyl groups excluding tert-OH is 6. The molecule has 2 fully saturated rings. The predicted molar refractivity (Wildman–Crippen MR) is 150 cm³/mol. The zero-order valence-electron chi connectivity index (χ0n) is 22.9. The molecule has 10 atom stereocenters. The molecule has 2 aromatic carbocycles. The van der Waals surface area contributed by atoms with E-state index in [1.54, 1.807) is 29.5 Å². The molecule has 2 aliphatic rings. The van der Waals surface area contributed by atoms with Crippen molar-refractivity contribution in [1.29, 1.82) is 0 Å². The number of carboxylic acids is 1. The predicted octanol–water partition coefficient (Wildman–Crippen LogP) is 0.885. The van der Waals surface area contributed by atoms with Gasteiger partial charge in [0.1, 0.15) is 54.6 Å². The number of hydrogen-bond donors (Lipinski definition) is 7. The number of aryl methyl sites for hydroxylation is 1. The fourth-order valence-corrected chi connectivity index (χ4v) is 6.37. The molecular formula is C30H33FO11S. The van der Waals surface area contributed by atoms with Crippen molar-refractivity contribution in [2.75, 3.05) is 6.61 Å². The number of aliphatic hydroxyl groups is 6. The Morgan fingerprint density at radius 2 is 1.63 bits per heavy atom. The lowest BCUT2D eigenvalue weighted by atomic mass is 9.89. The Labute approximate surface area is 250 Å². The second-order valence-electron chi connectivity index (χ2n) is 10.7. The molecule has 0 spiro atoms. The SMILES string of the molecule is Cc1ccc([C@@H]2OC(CO)[C@@H](O)C(O[C@@H]3O[C@H](C(=O)O)[C@@H](O)[C@H](O)[C@H]3O)C2O)cc1Cc1ccc(-c2ccc(F)cc2)s1. The molecule has 5 rings (SSSR count). The molecule has 11 nitrogen and oxygen atoms in total. The summed E-state index contributed by atoms with van der Waals surface area (Å²) in [6.45, 7) is 1.27. The normalized spacial score (nSPS) is 32.9. The highest BCUT2D eigenvalue weighted by molar-refractivity contribution is 7.15. The number of thiophene rings is 1. The van der Waals surface area contributed by atoms with Crippen molar-refractivity contribution < 1.29 is 59.1 Å². The molecule has 2 saturated heterocycles. The van der Waals surface area contributed by atoms with Crippen molar-refractivity contribution in [3.8, 4) is 10.4 Å². The summed E-state index contributed by atoms with van der Waals surface area (Å²) in [5, 5.41) is 71.9. The highest BCUT2D eigenvalue weighted by atomic mass is 32.1. The Kier molecular flexibility index (Phi) is 9.58. The summed E-state index contributed by atoms with van der Waals surface area (Å²) in [5.41, 5.74) is 3.28. The summed E-state index contributed by atoms with van der Waals surface area (Å²) in [6.07, 6.45) is -16.1. The van der Waals surface area contributed by atoms with E-state index in [4.69, 9.17) is 14.2 Å². The number of hydrogen-bond acceptors (Lipinski definition) is 11. The summed E-state index contributed by atoms with van der Waals surface area (Å²) < 4.78 is 30.0. The van der Waals surface area contributed by atoms with Gasteiger partial charge in [-0.2, -0.15) is 0 Å². The third-order valence-electron chi connectivity index (χ3n) is 7.83. The molecule has 3 unspecified atom stereocenters. The third kappa shape index (κ3) is 6.51. The second-order valence-corrected chi connectivity index (χ2v) is 11.9. The maximum Gasteiger partial charge on any atom is 0.335 e. The van der Waals surface area contributed by atoms with Gasteiger partial charge < -0.3 is 50.0 Å². The molecule has 3 aromatic rings. The molecule has 13 heteroatoms. The van der Waals surface area contributed by atoms with Crippen molar-refractivity contribution >= 4 is 17.3 Å². The maximum atomic E-state index is 13.3. The van der Waals surface area contributed by atoms with Crippen LogP contribution in [0.5, 0.6) is 0 Å². The van der Waals surface area contributed by atoms with Crippen LogP contribution in [0.2, 0.25) is 0 Å². The smallest absolute Gasteiger partial charge is 0.335 e. The van der Waals surface area contributed by atoms with Crippen LogP contribution in [-0.4, -0.2) is 103 Å². The van der Waals surface area contributed by atoms with Crippen molar-refractivity contribution in [2.24, 2.45) is 0 Å². The minimum atomic E-state index is -1.95. The van der Waals surface area contributed by atoms with E-state index < -0.39 is 73.8 Å². The highest BCUT2D eigenvalue weighted by Crippen LogP contribution is 2.37. The van der Waals surface area contributed by atoms with Gasteiger partial charge in [0, 0.05) is 16.2 Å². The molecule has 3 heterocycles. The summed E-state index contributed by atoms with van der Waals surface area (Å²) in [7, 11) is 0. The molecule has 0 radical (unpaired) electrons. The quantitative estimate of drug-likeness (QED) is 0.190.